The van der Waals surface area contributed by atoms with Gasteiger partial charge >= 0.3 is 0 Å². The van der Waals surface area contributed by atoms with Gasteiger partial charge in [-0.15, -0.1) is 0 Å². The molecule has 3 nitrogen and oxygen atoms in total. The predicted molar refractivity (Wildman–Crippen MR) is 65.9 cm³/mol. The van der Waals surface area contributed by atoms with E-state index in [1.165, 1.54) is 0 Å². The quantitative estimate of drug-likeness (QED) is 0.598. The summed E-state index contributed by atoms with van der Waals surface area (Å²) >= 11 is 1.85. The summed E-state index contributed by atoms with van der Waals surface area (Å²) in [6.45, 7) is 2.82. The van der Waals surface area contributed by atoms with Crippen molar-refractivity contribution in [3.63, 3.8) is 0 Å². The molecule has 0 saturated carbocycles. The number of thioether (sulfide) groups is 1. The van der Waals surface area contributed by atoms with E-state index in [1.54, 1.807) is 13.2 Å². The Hall–Kier alpha value is -1.03. The van der Waals surface area contributed by atoms with E-state index in [4.69, 9.17) is 15.2 Å². The standard InChI is InChI=1S/C11H17NO2S/c1-3-15-7-6-14-11-5-4-9(13-2)8-10(11)12/h4-5,8H,3,6-7,12H2,1-2H3. The molecule has 15 heavy (non-hydrogen) atoms. The second-order valence-corrected chi connectivity index (χ2v) is 4.34. The third-order valence-corrected chi connectivity index (χ3v) is 2.77. The summed E-state index contributed by atoms with van der Waals surface area (Å²) in [7, 11) is 1.62. The van der Waals surface area contributed by atoms with Crippen molar-refractivity contribution in [1.29, 1.82) is 0 Å². The van der Waals surface area contributed by atoms with Gasteiger partial charge < -0.3 is 15.2 Å². The Kier molecular flexibility index (Phi) is 5.18. The number of ether oxygens (including phenoxy) is 2. The first-order chi connectivity index (χ1) is 7.27. The van der Waals surface area contributed by atoms with E-state index in [0.717, 1.165) is 23.0 Å². The molecule has 0 aromatic heterocycles. The fraction of sp³-hybridized carbons (Fsp3) is 0.455. The summed E-state index contributed by atoms with van der Waals surface area (Å²) in [6.07, 6.45) is 0. The molecule has 0 spiro atoms. The van der Waals surface area contributed by atoms with E-state index >= 15 is 0 Å². The zero-order valence-electron chi connectivity index (χ0n) is 9.16. The lowest BCUT2D eigenvalue weighted by atomic mass is 10.3. The van der Waals surface area contributed by atoms with Crippen LogP contribution in [0.1, 0.15) is 6.92 Å². The van der Waals surface area contributed by atoms with Gasteiger partial charge in [0, 0.05) is 11.8 Å². The van der Waals surface area contributed by atoms with Gasteiger partial charge in [-0.2, -0.15) is 11.8 Å². The van der Waals surface area contributed by atoms with Crippen LogP contribution in [0.4, 0.5) is 5.69 Å². The van der Waals surface area contributed by atoms with Gasteiger partial charge in [0.2, 0.25) is 0 Å². The number of hydrogen-bond donors (Lipinski definition) is 1. The Morgan fingerprint density at radius 2 is 2.20 bits per heavy atom. The van der Waals surface area contributed by atoms with Crippen LogP contribution in [0.2, 0.25) is 0 Å². The lowest BCUT2D eigenvalue weighted by Crippen LogP contribution is -2.02. The molecule has 0 saturated heterocycles. The van der Waals surface area contributed by atoms with Crippen molar-refractivity contribution < 1.29 is 9.47 Å². The fourth-order valence-electron chi connectivity index (χ4n) is 1.14. The van der Waals surface area contributed by atoms with Crippen molar-refractivity contribution in [3.05, 3.63) is 18.2 Å². The highest BCUT2D eigenvalue weighted by molar-refractivity contribution is 7.99. The SMILES string of the molecule is CCSCCOc1ccc(OC)cc1N. The van der Waals surface area contributed by atoms with Crippen LogP contribution in [0.5, 0.6) is 11.5 Å². The van der Waals surface area contributed by atoms with Crippen molar-refractivity contribution >= 4 is 17.4 Å². The molecule has 1 aromatic rings. The Bertz CT molecular complexity index is 305. The number of benzene rings is 1. The maximum atomic E-state index is 5.80. The molecule has 0 fully saturated rings. The molecule has 2 N–H and O–H groups in total. The average Bonchev–Trinajstić information content (AvgIpc) is 2.26. The molecule has 0 radical (unpaired) electrons. The fourth-order valence-corrected chi connectivity index (χ4v) is 1.63. The Morgan fingerprint density at radius 1 is 1.40 bits per heavy atom. The molecule has 0 aliphatic carbocycles. The molecule has 1 rings (SSSR count). The van der Waals surface area contributed by atoms with Crippen LogP contribution in [0.3, 0.4) is 0 Å². The van der Waals surface area contributed by atoms with Crippen LogP contribution in [0, 0.1) is 0 Å². The summed E-state index contributed by atoms with van der Waals surface area (Å²) in [5.74, 6) is 3.58. The molecule has 4 heteroatoms. The minimum absolute atomic E-state index is 0.621. The third kappa shape index (κ3) is 3.91. The molecule has 84 valence electrons. The van der Waals surface area contributed by atoms with Crippen LogP contribution in [-0.4, -0.2) is 25.2 Å². The average molecular weight is 227 g/mol. The summed E-state index contributed by atoms with van der Waals surface area (Å²) in [5, 5.41) is 0. The second-order valence-electron chi connectivity index (χ2n) is 2.95. The highest BCUT2D eigenvalue weighted by atomic mass is 32.2. The summed E-state index contributed by atoms with van der Waals surface area (Å²) in [4.78, 5) is 0. The minimum atomic E-state index is 0.621. The minimum Gasteiger partial charge on any atom is -0.497 e. The molecule has 0 aliphatic rings. The van der Waals surface area contributed by atoms with Crippen LogP contribution in [0.25, 0.3) is 0 Å². The maximum absolute atomic E-state index is 5.80. The van der Waals surface area contributed by atoms with Crippen LogP contribution in [0.15, 0.2) is 18.2 Å². The number of nitrogens with two attached hydrogens (primary N) is 1. The monoisotopic (exact) mass is 227 g/mol. The van der Waals surface area contributed by atoms with E-state index < -0.39 is 0 Å². The van der Waals surface area contributed by atoms with Gasteiger partial charge in [-0.25, -0.2) is 0 Å². The van der Waals surface area contributed by atoms with Gasteiger partial charge in [0.25, 0.3) is 0 Å². The zero-order valence-corrected chi connectivity index (χ0v) is 9.97. The van der Waals surface area contributed by atoms with Crippen molar-refractivity contribution in [3.8, 4) is 11.5 Å². The van der Waals surface area contributed by atoms with Crippen LogP contribution in [-0.2, 0) is 0 Å². The van der Waals surface area contributed by atoms with Gasteiger partial charge in [0.05, 0.1) is 19.4 Å². The van der Waals surface area contributed by atoms with E-state index in [0.29, 0.717) is 12.3 Å². The van der Waals surface area contributed by atoms with Crippen molar-refractivity contribution in [2.24, 2.45) is 0 Å². The zero-order chi connectivity index (χ0) is 11.1. The van der Waals surface area contributed by atoms with Gasteiger partial charge in [-0.05, 0) is 17.9 Å². The molecule has 0 amide bonds. The van der Waals surface area contributed by atoms with E-state index in [2.05, 4.69) is 6.92 Å². The van der Waals surface area contributed by atoms with Crippen LogP contribution < -0.4 is 15.2 Å². The van der Waals surface area contributed by atoms with E-state index in [9.17, 15) is 0 Å². The van der Waals surface area contributed by atoms with Gasteiger partial charge in [-0.3, -0.25) is 0 Å². The Balaban J connectivity index is 2.47. The van der Waals surface area contributed by atoms with Gasteiger partial charge in [0.15, 0.2) is 0 Å². The van der Waals surface area contributed by atoms with Crippen LogP contribution >= 0.6 is 11.8 Å². The molecular formula is C11H17NO2S. The first-order valence-corrected chi connectivity index (χ1v) is 6.07. The molecule has 0 atom stereocenters. The van der Waals surface area contributed by atoms with Crippen molar-refractivity contribution in [2.45, 2.75) is 6.92 Å². The molecular weight excluding hydrogens is 210 g/mol. The first-order valence-electron chi connectivity index (χ1n) is 4.92. The van der Waals surface area contributed by atoms with E-state index in [-0.39, 0.29) is 0 Å². The summed E-state index contributed by atoms with van der Waals surface area (Å²) in [6, 6.07) is 5.45. The predicted octanol–water partition coefficient (Wildman–Crippen LogP) is 2.41. The second kappa shape index (κ2) is 6.45. The normalized spacial score (nSPS) is 10.0. The Morgan fingerprint density at radius 3 is 2.80 bits per heavy atom. The topological polar surface area (TPSA) is 44.5 Å². The van der Waals surface area contributed by atoms with Crippen molar-refractivity contribution in [2.75, 3.05) is 31.0 Å². The smallest absolute Gasteiger partial charge is 0.142 e. The highest BCUT2D eigenvalue weighted by Gasteiger charge is 2.01. The lowest BCUT2D eigenvalue weighted by Gasteiger charge is -2.09. The summed E-state index contributed by atoms with van der Waals surface area (Å²) < 4.78 is 10.6. The molecule has 0 unspecified atom stereocenters. The molecule has 1 aromatic carbocycles. The number of methoxy groups -OCH3 is 1. The van der Waals surface area contributed by atoms with Gasteiger partial charge in [0.1, 0.15) is 11.5 Å². The molecule has 0 bridgehead atoms. The first kappa shape index (κ1) is 12.0. The number of rotatable bonds is 6. The lowest BCUT2D eigenvalue weighted by molar-refractivity contribution is 0.344. The Labute approximate surface area is 94.9 Å². The van der Waals surface area contributed by atoms with E-state index in [1.807, 2.05) is 23.9 Å². The summed E-state index contributed by atoms with van der Waals surface area (Å²) in [5.41, 5.74) is 6.42. The highest BCUT2D eigenvalue weighted by Crippen LogP contribution is 2.26. The van der Waals surface area contributed by atoms with Crippen molar-refractivity contribution in [1.82, 2.24) is 0 Å². The third-order valence-electron chi connectivity index (χ3n) is 1.91. The number of nitrogen functional groups attached to an aromatic ring is 1. The largest absolute Gasteiger partial charge is 0.497 e. The van der Waals surface area contributed by atoms with Gasteiger partial charge in [-0.1, -0.05) is 6.92 Å². The number of hydrogen-bond acceptors (Lipinski definition) is 4. The molecule has 0 aliphatic heterocycles. The molecule has 0 heterocycles. The number of anilines is 1. The maximum Gasteiger partial charge on any atom is 0.142 e.